The molecule has 0 atom stereocenters. The zero-order valence-electron chi connectivity index (χ0n) is 11.9. The van der Waals surface area contributed by atoms with Crippen molar-refractivity contribution in [1.29, 1.82) is 0 Å². The highest BCUT2D eigenvalue weighted by Crippen LogP contribution is 2.30. The number of nitrogens with one attached hydrogen (secondary N) is 1. The van der Waals surface area contributed by atoms with Crippen LogP contribution in [0.1, 0.15) is 37.9 Å². The fraction of sp³-hybridized carbons (Fsp3) is 0.438. The number of halogens is 1. The minimum Gasteiger partial charge on any atom is -0.384 e. The molecule has 0 aliphatic carbocycles. The molecule has 2 rings (SSSR count). The summed E-state index contributed by atoms with van der Waals surface area (Å²) in [7, 11) is 0. The number of hydrogen-bond acceptors (Lipinski definition) is 2. The van der Waals surface area contributed by atoms with Crippen molar-refractivity contribution in [3.63, 3.8) is 0 Å². The molecule has 0 fully saturated rings. The minimum absolute atomic E-state index is 1.000. The second kappa shape index (κ2) is 6.38. The average molecular weight is 321 g/mol. The molecule has 0 saturated carbocycles. The van der Waals surface area contributed by atoms with Crippen LogP contribution in [0.2, 0.25) is 0 Å². The molecule has 19 heavy (non-hydrogen) atoms. The molecule has 0 amide bonds. The summed E-state index contributed by atoms with van der Waals surface area (Å²) in [6.45, 7) is 7.50. The Morgan fingerprint density at radius 2 is 2.00 bits per heavy atom. The first-order valence-electron chi connectivity index (χ1n) is 7.00. The second-order valence-electron chi connectivity index (χ2n) is 4.91. The van der Waals surface area contributed by atoms with E-state index in [2.05, 4.69) is 60.2 Å². The second-order valence-corrected chi connectivity index (χ2v) is 5.76. The van der Waals surface area contributed by atoms with Gasteiger partial charge in [0, 0.05) is 27.8 Å². The van der Waals surface area contributed by atoms with Crippen LogP contribution in [0.3, 0.4) is 0 Å². The van der Waals surface area contributed by atoms with E-state index in [9.17, 15) is 0 Å². The molecule has 3 heteroatoms. The van der Waals surface area contributed by atoms with E-state index in [4.69, 9.17) is 4.98 Å². The van der Waals surface area contributed by atoms with Gasteiger partial charge in [0.05, 0.1) is 5.52 Å². The van der Waals surface area contributed by atoms with E-state index in [0.717, 1.165) is 35.8 Å². The maximum atomic E-state index is 4.82. The van der Waals surface area contributed by atoms with Crippen molar-refractivity contribution >= 4 is 32.5 Å². The van der Waals surface area contributed by atoms with Gasteiger partial charge >= 0.3 is 0 Å². The zero-order valence-corrected chi connectivity index (χ0v) is 13.5. The maximum absolute atomic E-state index is 4.82. The summed E-state index contributed by atoms with van der Waals surface area (Å²) in [6, 6.07) is 6.46. The lowest BCUT2D eigenvalue weighted by molar-refractivity contribution is 0.888. The van der Waals surface area contributed by atoms with Crippen molar-refractivity contribution in [3.05, 3.63) is 33.9 Å². The molecule has 0 saturated heterocycles. The Morgan fingerprint density at radius 1 is 1.21 bits per heavy atom. The highest BCUT2D eigenvalue weighted by Gasteiger charge is 2.09. The first kappa shape index (κ1) is 14.3. The number of rotatable bonds is 5. The predicted molar refractivity (Wildman–Crippen MR) is 87.0 cm³/mol. The maximum Gasteiger partial charge on any atom is 0.0766 e. The van der Waals surface area contributed by atoms with Gasteiger partial charge in [0.15, 0.2) is 0 Å². The van der Waals surface area contributed by atoms with Crippen molar-refractivity contribution in [2.75, 3.05) is 11.9 Å². The molecule has 0 bridgehead atoms. The lowest BCUT2D eigenvalue weighted by Gasteiger charge is -2.13. The third kappa shape index (κ3) is 3.08. The van der Waals surface area contributed by atoms with Gasteiger partial charge in [0.2, 0.25) is 0 Å². The largest absolute Gasteiger partial charge is 0.384 e. The van der Waals surface area contributed by atoms with Crippen LogP contribution >= 0.6 is 15.9 Å². The topological polar surface area (TPSA) is 24.9 Å². The van der Waals surface area contributed by atoms with Crippen LogP contribution < -0.4 is 5.32 Å². The highest BCUT2D eigenvalue weighted by molar-refractivity contribution is 9.10. The summed E-state index contributed by atoms with van der Waals surface area (Å²) >= 11 is 3.60. The van der Waals surface area contributed by atoms with Gasteiger partial charge in [0.1, 0.15) is 0 Å². The van der Waals surface area contributed by atoms with Crippen LogP contribution in [-0.2, 0) is 6.42 Å². The first-order chi connectivity index (χ1) is 9.17. The number of aromatic nitrogens is 1. The van der Waals surface area contributed by atoms with Crippen LogP contribution in [0.4, 0.5) is 5.69 Å². The smallest absolute Gasteiger partial charge is 0.0766 e. The number of hydrogen-bond donors (Lipinski definition) is 1. The number of anilines is 1. The highest BCUT2D eigenvalue weighted by atomic mass is 79.9. The van der Waals surface area contributed by atoms with Gasteiger partial charge in [-0.15, -0.1) is 0 Å². The van der Waals surface area contributed by atoms with E-state index >= 15 is 0 Å². The summed E-state index contributed by atoms with van der Waals surface area (Å²) in [6.07, 6.45) is 3.28. The molecule has 0 radical (unpaired) electrons. The van der Waals surface area contributed by atoms with Crippen molar-refractivity contribution in [1.82, 2.24) is 4.98 Å². The van der Waals surface area contributed by atoms with Crippen molar-refractivity contribution in [2.24, 2.45) is 0 Å². The summed E-state index contributed by atoms with van der Waals surface area (Å²) in [5, 5.41) is 4.74. The van der Waals surface area contributed by atoms with Gasteiger partial charge in [-0.1, -0.05) is 36.2 Å². The van der Waals surface area contributed by atoms with E-state index in [1.54, 1.807) is 0 Å². The summed E-state index contributed by atoms with van der Waals surface area (Å²) in [5.41, 5.74) is 4.72. The van der Waals surface area contributed by atoms with Crippen LogP contribution in [0.15, 0.2) is 22.7 Å². The Morgan fingerprint density at radius 3 is 2.68 bits per heavy atom. The van der Waals surface area contributed by atoms with E-state index in [1.807, 2.05) is 0 Å². The normalized spacial score (nSPS) is 10.9. The number of fused-ring (bicyclic) bond motifs is 1. The molecule has 0 unspecified atom stereocenters. The van der Waals surface area contributed by atoms with E-state index in [0.29, 0.717) is 0 Å². The monoisotopic (exact) mass is 320 g/mol. The molecule has 1 aromatic heterocycles. The van der Waals surface area contributed by atoms with E-state index in [-0.39, 0.29) is 0 Å². The third-order valence-electron chi connectivity index (χ3n) is 3.29. The molecule has 0 aliphatic rings. The van der Waals surface area contributed by atoms with E-state index in [1.165, 1.54) is 22.3 Å². The molecule has 2 aromatic rings. The Labute approximate surface area is 123 Å². The molecule has 1 N–H and O–H groups in total. The first-order valence-corrected chi connectivity index (χ1v) is 7.79. The molecule has 2 nitrogen and oxygen atoms in total. The molecule has 102 valence electrons. The Bertz CT molecular complexity index is 578. The summed E-state index contributed by atoms with van der Waals surface area (Å²) in [5.74, 6) is 0. The van der Waals surface area contributed by atoms with Crippen molar-refractivity contribution in [3.8, 4) is 0 Å². The van der Waals surface area contributed by atoms with E-state index < -0.39 is 0 Å². The average Bonchev–Trinajstić information content (AvgIpc) is 2.41. The van der Waals surface area contributed by atoms with Crippen LogP contribution in [-0.4, -0.2) is 11.5 Å². The fourth-order valence-corrected chi connectivity index (χ4v) is 2.57. The molecule has 0 spiro atoms. The van der Waals surface area contributed by atoms with Crippen molar-refractivity contribution < 1.29 is 0 Å². The Hall–Kier alpha value is -1.09. The lowest BCUT2D eigenvalue weighted by Crippen LogP contribution is -2.03. The van der Waals surface area contributed by atoms with Gasteiger partial charge in [-0.05, 0) is 43.5 Å². The summed E-state index contributed by atoms with van der Waals surface area (Å²) < 4.78 is 1.13. The van der Waals surface area contributed by atoms with Gasteiger partial charge in [-0.3, -0.25) is 4.98 Å². The minimum atomic E-state index is 1.000. The van der Waals surface area contributed by atoms with Crippen LogP contribution in [0.25, 0.3) is 10.9 Å². The van der Waals surface area contributed by atoms with Gasteiger partial charge in [-0.25, -0.2) is 0 Å². The molecule has 0 aliphatic heterocycles. The van der Waals surface area contributed by atoms with Gasteiger partial charge in [0.25, 0.3) is 0 Å². The lowest BCUT2D eigenvalue weighted by atomic mass is 10.1. The van der Waals surface area contributed by atoms with Crippen LogP contribution in [0, 0.1) is 6.92 Å². The summed E-state index contributed by atoms with van der Waals surface area (Å²) in [4.78, 5) is 4.82. The standard InChI is InChI=1S/C16H21BrN2/c1-4-6-12-10-15(18-9-5-2)13-7-8-14(17)11(3)16(13)19-12/h7-8,10H,4-6,9H2,1-3H3,(H,18,19). The molecular weight excluding hydrogens is 300 g/mol. The molecule has 1 heterocycles. The SMILES string of the molecule is CCCNc1cc(CCC)nc2c(C)c(Br)ccc12. The number of nitrogens with zero attached hydrogens (tertiary/aromatic N) is 1. The number of pyridine rings is 1. The quantitative estimate of drug-likeness (QED) is 0.830. The zero-order chi connectivity index (χ0) is 13.8. The fourth-order valence-electron chi connectivity index (χ4n) is 2.25. The van der Waals surface area contributed by atoms with Crippen LogP contribution in [0.5, 0.6) is 0 Å². The molecular formula is C16H21BrN2. The Kier molecular flexibility index (Phi) is 4.81. The third-order valence-corrected chi connectivity index (χ3v) is 4.15. The van der Waals surface area contributed by atoms with Crippen molar-refractivity contribution in [2.45, 2.75) is 40.0 Å². The predicted octanol–water partition coefficient (Wildman–Crippen LogP) is 5.08. The number of aryl methyl sites for hydroxylation is 2. The van der Waals surface area contributed by atoms with Gasteiger partial charge in [-0.2, -0.15) is 0 Å². The molecule has 1 aromatic carbocycles. The Balaban J connectivity index is 2.60. The number of benzene rings is 1. The van der Waals surface area contributed by atoms with Gasteiger partial charge < -0.3 is 5.32 Å².